The van der Waals surface area contributed by atoms with Gasteiger partial charge in [0, 0.05) is 40.2 Å². The number of carbonyl (C=O) groups excluding carboxylic acids is 4. The molecule has 0 radical (unpaired) electrons. The average Bonchev–Trinajstić information content (AvgIpc) is 3.45. The van der Waals surface area contributed by atoms with Gasteiger partial charge in [0.15, 0.2) is 23.3 Å². The van der Waals surface area contributed by atoms with E-state index in [-0.39, 0.29) is 5.82 Å². The molecule has 1 aliphatic heterocycles. The van der Waals surface area contributed by atoms with Gasteiger partial charge in [0.1, 0.15) is 0 Å². The van der Waals surface area contributed by atoms with E-state index in [0.717, 1.165) is 26.3 Å². The Hall–Kier alpha value is -4.63. The Morgan fingerprint density at radius 1 is 1.10 bits per heavy atom. The number of hydrogen-bond acceptors (Lipinski definition) is 10. The van der Waals surface area contributed by atoms with Gasteiger partial charge in [0.25, 0.3) is 0 Å². The molecule has 1 saturated heterocycles. The molecule has 0 aromatic carbocycles. The summed E-state index contributed by atoms with van der Waals surface area (Å²) >= 11 is 0. The predicted molar refractivity (Wildman–Crippen MR) is 135 cm³/mol. The Balaban J connectivity index is 0.000000563. The quantitative estimate of drug-likeness (QED) is 0.311. The topological polar surface area (TPSA) is 207 Å². The number of rotatable bonds is 4. The minimum Gasteiger partial charge on any atom is -0.381 e. The molecule has 39 heavy (non-hydrogen) atoms. The second-order valence-electron chi connectivity index (χ2n) is 7.08. The van der Waals surface area contributed by atoms with Crippen LogP contribution < -0.4 is 27.3 Å². The van der Waals surface area contributed by atoms with Crippen LogP contribution in [0.25, 0.3) is 0 Å². The highest BCUT2D eigenvalue weighted by atomic mass is 19.1. The van der Waals surface area contributed by atoms with Gasteiger partial charge in [-0.2, -0.15) is 9.97 Å². The van der Waals surface area contributed by atoms with Gasteiger partial charge in [-0.25, -0.2) is 37.5 Å². The number of ether oxygens (including phenoxy) is 1. The number of aromatic nitrogens is 4. The predicted octanol–water partition coefficient (Wildman–Crippen LogP) is 0.925. The van der Waals surface area contributed by atoms with Crippen molar-refractivity contribution in [3.8, 4) is 0 Å². The number of aliphatic imine (C=N–C) groups is 1. The first-order valence-corrected chi connectivity index (χ1v) is 11.4. The average molecular weight is 557 g/mol. The molecule has 2 aromatic rings. The van der Waals surface area contributed by atoms with Crippen LogP contribution in [0.3, 0.4) is 0 Å². The highest BCUT2D eigenvalue weighted by Crippen LogP contribution is 2.06. The normalized spacial score (nSPS) is 11.0. The summed E-state index contributed by atoms with van der Waals surface area (Å²) in [5, 5.41) is 6.47. The molecule has 1 fully saturated rings. The fourth-order valence-electron chi connectivity index (χ4n) is 2.29. The fraction of sp³-hybridized carbons (Fsp3) is 0.455. The third kappa shape index (κ3) is 15.3. The molecule has 3 heterocycles. The Bertz CT molecular complexity index is 1250. The van der Waals surface area contributed by atoms with Crippen molar-refractivity contribution in [2.45, 2.75) is 40.5 Å². The summed E-state index contributed by atoms with van der Waals surface area (Å²) in [6.45, 7) is 8.63. The van der Waals surface area contributed by atoms with Gasteiger partial charge in [0.05, 0.1) is 12.4 Å². The molecule has 0 spiro atoms. The van der Waals surface area contributed by atoms with Crippen molar-refractivity contribution in [3.63, 3.8) is 0 Å². The van der Waals surface area contributed by atoms with E-state index in [9.17, 15) is 32.8 Å². The molecule has 0 bridgehead atoms. The van der Waals surface area contributed by atoms with Crippen molar-refractivity contribution in [1.29, 1.82) is 0 Å². The molecule has 3 amide bonds. The number of carbonyl (C=O) groups is 3. The fourth-order valence-corrected chi connectivity index (χ4v) is 2.29. The molecule has 2 aromatic heterocycles. The lowest BCUT2D eigenvalue weighted by molar-refractivity contribution is -0.115. The van der Waals surface area contributed by atoms with E-state index in [1.165, 1.54) is 25.8 Å². The van der Waals surface area contributed by atoms with Crippen molar-refractivity contribution in [1.82, 2.24) is 24.8 Å². The van der Waals surface area contributed by atoms with Crippen LogP contribution in [-0.4, -0.2) is 69.7 Å². The van der Waals surface area contributed by atoms with E-state index in [0.29, 0.717) is 23.9 Å². The molecule has 214 valence electrons. The summed E-state index contributed by atoms with van der Waals surface area (Å²) in [5.74, 6) is -3.52. The molecule has 15 nitrogen and oxygen atoms in total. The minimum absolute atomic E-state index is 0.262. The van der Waals surface area contributed by atoms with Crippen LogP contribution >= 0.6 is 0 Å². The van der Waals surface area contributed by atoms with Gasteiger partial charge in [-0.3, -0.25) is 14.6 Å². The second-order valence-corrected chi connectivity index (χ2v) is 7.08. The van der Waals surface area contributed by atoms with Crippen LogP contribution in [-0.2, 0) is 19.1 Å². The SMILES string of the molecule is C1CCOC1.CC(=O)Nc1[nH]c(=O)ncc1F.CCN=C=O.CCNC(=O)n1cc(F)c(NC(C)=O)nc1=O. The number of isocyanates is 1. The van der Waals surface area contributed by atoms with Gasteiger partial charge in [-0.15, -0.1) is 0 Å². The maximum absolute atomic E-state index is 13.4. The third-order valence-electron chi connectivity index (χ3n) is 3.84. The van der Waals surface area contributed by atoms with E-state index < -0.39 is 46.7 Å². The summed E-state index contributed by atoms with van der Waals surface area (Å²) in [5.41, 5.74) is -1.68. The van der Waals surface area contributed by atoms with Gasteiger partial charge in [-0.1, -0.05) is 0 Å². The van der Waals surface area contributed by atoms with Crippen LogP contribution in [0.5, 0.6) is 0 Å². The molecule has 1 aliphatic rings. The van der Waals surface area contributed by atoms with Crippen molar-refractivity contribution in [3.05, 3.63) is 45.0 Å². The number of amides is 3. The van der Waals surface area contributed by atoms with Crippen LogP contribution in [0.15, 0.2) is 27.0 Å². The highest BCUT2D eigenvalue weighted by molar-refractivity contribution is 5.88. The van der Waals surface area contributed by atoms with E-state index in [1.54, 1.807) is 13.8 Å². The second kappa shape index (κ2) is 19.5. The standard InChI is InChI=1S/C9H11FN4O3.C6H6FN3O2.C4H8O.C3H5NO/c1-3-11-8(16)14-4-6(10)7(12-5(2)15)13-9(14)17;1-3(11)9-5-4(7)2-8-6(12)10-5;1-2-4-5-3-1;1-2-4-3-5/h4H,3H2,1-2H3,(H,11,16)(H,12,13,15,17);2H,1H3,(H2,8,9,10,11,12);1-4H2;2H2,1H3. The highest BCUT2D eigenvalue weighted by Gasteiger charge is 2.13. The van der Waals surface area contributed by atoms with Gasteiger partial charge in [-0.05, 0) is 26.7 Å². The number of nitrogens with zero attached hydrogens (tertiary/aromatic N) is 4. The lowest BCUT2D eigenvalue weighted by atomic mass is 10.4. The molecule has 0 aliphatic carbocycles. The zero-order valence-corrected chi connectivity index (χ0v) is 21.8. The summed E-state index contributed by atoms with van der Waals surface area (Å²) in [6.07, 6.45) is 5.36. The van der Waals surface area contributed by atoms with E-state index in [2.05, 4.69) is 25.6 Å². The monoisotopic (exact) mass is 556 g/mol. The molecular weight excluding hydrogens is 526 g/mol. The molecule has 4 N–H and O–H groups in total. The zero-order chi connectivity index (χ0) is 29.8. The number of H-pyrrole nitrogens is 1. The molecule has 0 atom stereocenters. The van der Waals surface area contributed by atoms with Gasteiger partial charge < -0.3 is 20.7 Å². The molecule has 0 unspecified atom stereocenters. The lowest BCUT2D eigenvalue weighted by Gasteiger charge is -2.06. The van der Waals surface area contributed by atoms with Crippen LogP contribution in [0.4, 0.5) is 25.2 Å². The van der Waals surface area contributed by atoms with Crippen LogP contribution in [0, 0.1) is 11.6 Å². The van der Waals surface area contributed by atoms with Crippen molar-refractivity contribution >= 4 is 35.6 Å². The smallest absolute Gasteiger partial charge is 0.358 e. The maximum atomic E-state index is 13.4. The van der Waals surface area contributed by atoms with Crippen LogP contribution in [0.2, 0.25) is 0 Å². The molecule has 3 rings (SSSR count). The number of halogens is 2. The van der Waals surface area contributed by atoms with E-state index in [1.807, 2.05) is 10.3 Å². The van der Waals surface area contributed by atoms with Crippen molar-refractivity contribution in [2.24, 2.45) is 4.99 Å². The first kappa shape index (κ1) is 34.4. The molecule has 17 heteroatoms. The third-order valence-corrected chi connectivity index (χ3v) is 3.84. The maximum Gasteiger partial charge on any atom is 0.358 e. The summed E-state index contributed by atoms with van der Waals surface area (Å²) in [7, 11) is 0. The Morgan fingerprint density at radius 2 is 1.72 bits per heavy atom. The summed E-state index contributed by atoms with van der Waals surface area (Å²) in [6, 6.07) is -0.779. The first-order valence-electron chi connectivity index (χ1n) is 11.4. The first-order chi connectivity index (χ1) is 18.5. The largest absolute Gasteiger partial charge is 0.381 e. The lowest BCUT2D eigenvalue weighted by Crippen LogP contribution is -2.37. The number of anilines is 2. The Morgan fingerprint density at radius 3 is 2.15 bits per heavy atom. The van der Waals surface area contributed by atoms with Gasteiger partial charge >= 0.3 is 17.4 Å². The van der Waals surface area contributed by atoms with Crippen molar-refractivity contribution in [2.75, 3.05) is 36.9 Å². The minimum atomic E-state index is -0.971. The van der Waals surface area contributed by atoms with E-state index >= 15 is 0 Å². The zero-order valence-electron chi connectivity index (χ0n) is 21.8. The number of aromatic amines is 1. The van der Waals surface area contributed by atoms with Crippen LogP contribution in [0.1, 0.15) is 40.5 Å². The molecule has 0 saturated carbocycles. The molecular formula is C22H30F2N8O7. The summed E-state index contributed by atoms with van der Waals surface area (Å²) < 4.78 is 31.5. The number of nitrogens with one attached hydrogen (secondary N) is 4. The van der Waals surface area contributed by atoms with Gasteiger partial charge in [0.2, 0.25) is 17.9 Å². The van der Waals surface area contributed by atoms with Crippen molar-refractivity contribution < 1.29 is 32.7 Å². The van der Waals surface area contributed by atoms with E-state index in [4.69, 9.17) is 9.53 Å². The summed E-state index contributed by atoms with van der Waals surface area (Å²) in [4.78, 5) is 75.0. The Labute approximate surface area is 221 Å². The Kier molecular flexibility index (Phi) is 17.2. The number of hydrogen-bond donors (Lipinski definition) is 4.